The fourth-order valence-corrected chi connectivity index (χ4v) is 2.26. The van der Waals surface area contributed by atoms with Gasteiger partial charge in [-0.1, -0.05) is 6.42 Å². The lowest BCUT2D eigenvalue weighted by Gasteiger charge is -2.25. The first-order valence-electron chi connectivity index (χ1n) is 6.37. The Hall–Kier alpha value is -1.29. The van der Waals surface area contributed by atoms with E-state index in [1.165, 1.54) is 25.3 Å². The smallest absolute Gasteiger partial charge is 0.164 e. The van der Waals surface area contributed by atoms with Gasteiger partial charge in [0.1, 0.15) is 0 Å². The number of nitrogens with zero attached hydrogens (tertiary/aromatic N) is 1. The lowest BCUT2D eigenvalue weighted by molar-refractivity contribution is 0.0958. The van der Waals surface area contributed by atoms with Gasteiger partial charge in [0.2, 0.25) is 0 Å². The number of carbonyl (C=O) groups excluding carboxylic acids is 1. The lowest BCUT2D eigenvalue weighted by atomic mass is 10.1. The molecule has 0 bridgehead atoms. The summed E-state index contributed by atoms with van der Waals surface area (Å²) in [7, 11) is 0. The van der Waals surface area contributed by atoms with Crippen LogP contribution in [0.25, 0.3) is 0 Å². The largest absolute Gasteiger partial charge is 0.303 e. The zero-order chi connectivity index (χ0) is 13.0. The Morgan fingerprint density at radius 2 is 1.83 bits per heavy atom. The molecule has 1 aliphatic heterocycles. The molecule has 0 amide bonds. The molecule has 0 saturated carbocycles. The highest BCUT2D eigenvalue weighted by Crippen LogP contribution is 2.13. The highest BCUT2D eigenvalue weighted by atomic mass is 19.2. The van der Waals surface area contributed by atoms with Crippen molar-refractivity contribution >= 4 is 5.78 Å². The van der Waals surface area contributed by atoms with Gasteiger partial charge < -0.3 is 4.90 Å². The summed E-state index contributed by atoms with van der Waals surface area (Å²) >= 11 is 0. The third kappa shape index (κ3) is 3.35. The Labute approximate surface area is 106 Å². The van der Waals surface area contributed by atoms with E-state index in [2.05, 4.69) is 4.90 Å². The molecule has 1 aromatic rings. The Balaban J connectivity index is 1.88. The molecule has 2 rings (SSSR count). The number of carbonyl (C=O) groups is 1. The molecule has 0 N–H and O–H groups in total. The summed E-state index contributed by atoms with van der Waals surface area (Å²) in [4.78, 5) is 14.1. The summed E-state index contributed by atoms with van der Waals surface area (Å²) in [5.74, 6) is -2.00. The van der Waals surface area contributed by atoms with Crippen molar-refractivity contribution in [2.24, 2.45) is 0 Å². The summed E-state index contributed by atoms with van der Waals surface area (Å²) < 4.78 is 25.7. The molecule has 0 unspecified atom stereocenters. The predicted molar refractivity (Wildman–Crippen MR) is 65.6 cm³/mol. The molecular formula is C14H17F2NO. The summed E-state index contributed by atoms with van der Waals surface area (Å²) in [5.41, 5.74) is 0.255. The summed E-state index contributed by atoms with van der Waals surface area (Å²) in [6.07, 6.45) is 3.98. The Morgan fingerprint density at radius 1 is 1.11 bits per heavy atom. The van der Waals surface area contributed by atoms with Crippen molar-refractivity contribution in [3.8, 4) is 0 Å². The number of benzene rings is 1. The van der Waals surface area contributed by atoms with Gasteiger partial charge in [0.05, 0.1) is 0 Å². The van der Waals surface area contributed by atoms with Gasteiger partial charge in [-0.2, -0.15) is 0 Å². The second kappa shape index (κ2) is 6.05. The van der Waals surface area contributed by atoms with Crippen molar-refractivity contribution in [1.82, 2.24) is 4.90 Å². The van der Waals surface area contributed by atoms with Crippen molar-refractivity contribution in [2.75, 3.05) is 19.6 Å². The molecule has 0 atom stereocenters. The van der Waals surface area contributed by atoms with Gasteiger partial charge >= 0.3 is 0 Å². The molecule has 1 saturated heterocycles. The Kier molecular flexibility index (Phi) is 4.42. The molecule has 0 aliphatic carbocycles. The van der Waals surface area contributed by atoms with E-state index >= 15 is 0 Å². The zero-order valence-electron chi connectivity index (χ0n) is 10.3. The van der Waals surface area contributed by atoms with Gasteiger partial charge in [-0.05, 0) is 44.1 Å². The maximum atomic E-state index is 13.0. The van der Waals surface area contributed by atoms with Crippen LogP contribution in [0.4, 0.5) is 8.78 Å². The zero-order valence-corrected chi connectivity index (χ0v) is 10.3. The van der Waals surface area contributed by atoms with Crippen molar-refractivity contribution in [1.29, 1.82) is 0 Å². The molecule has 0 aromatic heterocycles. The average molecular weight is 253 g/mol. The molecule has 0 spiro atoms. The van der Waals surface area contributed by atoms with Gasteiger partial charge in [0, 0.05) is 18.5 Å². The molecule has 1 heterocycles. The number of ketones is 1. The number of Topliss-reactive ketones (excluding diaryl/α,β-unsaturated/α-hetero) is 1. The molecule has 2 nitrogen and oxygen atoms in total. The van der Waals surface area contributed by atoms with Crippen LogP contribution in [0.3, 0.4) is 0 Å². The van der Waals surface area contributed by atoms with E-state index in [9.17, 15) is 13.6 Å². The van der Waals surface area contributed by atoms with E-state index in [4.69, 9.17) is 0 Å². The minimum Gasteiger partial charge on any atom is -0.303 e. The van der Waals surface area contributed by atoms with Gasteiger partial charge in [-0.15, -0.1) is 0 Å². The van der Waals surface area contributed by atoms with Crippen LogP contribution in [-0.4, -0.2) is 30.3 Å². The SMILES string of the molecule is O=C(CCN1CCCCC1)c1ccc(F)c(F)c1. The highest BCUT2D eigenvalue weighted by Gasteiger charge is 2.14. The molecule has 1 aliphatic rings. The van der Waals surface area contributed by atoms with Crippen molar-refractivity contribution in [3.63, 3.8) is 0 Å². The minimum atomic E-state index is -0.959. The lowest BCUT2D eigenvalue weighted by Crippen LogP contribution is -2.31. The van der Waals surface area contributed by atoms with Crippen molar-refractivity contribution in [3.05, 3.63) is 35.4 Å². The highest BCUT2D eigenvalue weighted by molar-refractivity contribution is 5.96. The fourth-order valence-electron chi connectivity index (χ4n) is 2.26. The van der Waals surface area contributed by atoms with E-state index in [0.717, 1.165) is 25.2 Å². The number of hydrogen-bond donors (Lipinski definition) is 0. The topological polar surface area (TPSA) is 20.3 Å². The van der Waals surface area contributed by atoms with Crippen LogP contribution >= 0.6 is 0 Å². The Bertz CT molecular complexity index is 428. The second-order valence-electron chi connectivity index (χ2n) is 4.70. The van der Waals surface area contributed by atoms with Crippen LogP contribution in [0.15, 0.2) is 18.2 Å². The first-order valence-corrected chi connectivity index (χ1v) is 6.37. The number of likely N-dealkylation sites (tertiary alicyclic amines) is 1. The van der Waals surface area contributed by atoms with Gasteiger partial charge in [0.25, 0.3) is 0 Å². The predicted octanol–water partition coefficient (Wildman–Crippen LogP) is 3.02. The van der Waals surface area contributed by atoms with E-state index in [1.54, 1.807) is 0 Å². The monoisotopic (exact) mass is 253 g/mol. The average Bonchev–Trinajstić information content (AvgIpc) is 2.40. The minimum absolute atomic E-state index is 0.125. The molecule has 1 fully saturated rings. The van der Waals surface area contributed by atoms with Gasteiger partial charge in [-0.3, -0.25) is 4.79 Å². The number of rotatable bonds is 4. The summed E-state index contributed by atoms with van der Waals surface area (Å²) in [5, 5.41) is 0. The molecular weight excluding hydrogens is 236 g/mol. The first kappa shape index (κ1) is 13.1. The maximum absolute atomic E-state index is 13.0. The summed E-state index contributed by atoms with van der Waals surface area (Å²) in [6.45, 7) is 2.77. The van der Waals surface area contributed by atoms with Crippen LogP contribution in [0.5, 0.6) is 0 Å². The van der Waals surface area contributed by atoms with Crippen LogP contribution < -0.4 is 0 Å². The summed E-state index contributed by atoms with van der Waals surface area (Å²) in [6, 6.07) is 3.33. The normalized spacial score (nSPS) is 16.8. The van der Waals surface area contributed by atoms with Crippen LogP contribution in [-0.2, 0) is 0 Å². The molecule has 1 aromatic carbocycles. The number of piperidine rings is 1. The molecule has 18 heavy (non-hydrogen) atoms. The third-order valence-corrected chi connectivity index (χ3v) is 3.35. The maximum Gasteiger partial charge on any atom is 0.164 e. The third-order valence-electron chi connectivity index (χ3n) is 3.35. The second-order valence-corrected chi connectivity index (χ2v) is 4.70. The van der Waals surface area contributed by atoms with Crippen molar-refractivity contribution < 1.29 is 13.6 Å². The molecule has 98 valence electrons. The van der Waals surface area contributed by atoms with Gasteiger partial charge in [-0.25, -0.2) is 8.78 Å². The van der Waals surface area contributed by atoms with E-state index in [0.29, 0.717) is 13.0 Å². The standard InChI is InChI=1S/C14H17F2NO/c15-12-5-4-11(10-13(12)16)14(18)6-9-17-7-2-1-3-8-17/h4-5,10H,1-3,6-9H2. The van der Waals surface area contributed by atoms with E-state index in [1.807, 2.05) is 0 Å². The molecule has 0 radical (unpaired) electrons. The fraction of sp³-hybridized carbons (Fsp3) is 0.500. The first-order chi connectivity index (χ1) is 8.66. The number of halogens is 2. The van der Waals surface area contributed by atoms with E-state index < -0.39 is 11.6 Å². The Morgan fingerprint density at radius 3 is 2.50 bits per heavy atom. The van der Waals surface area contributed by atoms with Gasteiger partial charge in [0.15, 0.2) is 17.4 Å². The number of hydrogen-bond acceptors (Lipinski definition) is 2. The quantitative estimate of drug-likeness (QED) is 0.769. The van der Waals surface area contributed by atoms with Crippen molar-refractivity contribution in [2.45, 2.75) is 25.7 Å². The van der Waals surface area contributed by atoms with Crippen LogP contribution in [0, 0.1) is 11.6 Å². The van der Waals surface area contributed by atoms with E-state index in [-0.39, 0.29) is 11.3 Å². The molecule has 4 heteroatoms. The van der Waals surface area contributed by atoms with Crippen LogP contribution in [0.1, 0.15) is 36.0 Å². The van der Waals surface area contributed by atoms with Crippen LogP contribution in [0.2, 0.25) is 0 Å².